The molecule has 0 N–H and O–H groups in total. The molecule has 0 radical (unpaired) electrons. The molecule has 1 rings (SSSR count). The van der Waals surface area contributed by atoms with Crippen molar-refractivity contribution in [3.63, 3.8) is 0 Å². The third-order valence-electron chi connectivity index (χ3n) is 4.10. The van der Waals surface area contributed by atoms with Crippen LogP contribution in [0.2, 0.25) is 18.1 Å². The normalized spacial score (nSPS) is 19.9. The topological polar surface area (TPSA) is 9.23 Å². The fourth-order valence-electron chi connectivity index (χ4n) is 1.78. The number of unbranched alkanes of at least 4 members (excludes halogenated alkanes) is 1. The third-order valence-corrected chi connectivity index (χ3v) is 9.22. The second-order valence-electron chi connectivity index (χ2n) is 6.69. The highest BCUT2D eigenvalue weighted by Gasteiger charge is 2.50. The molecule has 0 saturated heterocycles. The van der Waals surface area contributed by atoms with Gasteiger partial charge in [0.1, 0.15) is 0 Å². The summed E-state index contributed by atoms with van der Waals surface area (Å²) >= 11 is 3.50. The van der Waals surface area contributed by atoms with Gasteiger partial charge >= 0.3 is 0 Å². The Balaban J connectivity index is 2.47. The first-order valence-corrected chi connectivity index (χ1v) is 10.5. The van der Waals surface area contributed by atoms with Gasteiger partial charge in [0, 0.05) is 5.33 Å². The molecule has 0 atom stereocenters. The van der Waals surface area contributed by atoms with Crippen LogP contribution in [-0.4, -0.2) is 19.2 Å². The van der Waals surface area contributed by atoms with E-state index in [-0.39, 0.29) is 5.60 Å². The molecule has 1 aliphatic rings. The van der Waals surface area contributed by atoms with Crippen LogP contribution < -0.4 is 0 Å². The molecule has 1 saturated carbocycles. The minimum absolute atomic E-state index is 0.283. The van der Waals surface area contributed by atoms with E-state index < -0.39 is 8.32 Å². The molecule has 0 amide bonds. The Morgan fingerprint density at radius 3 is 2.12 bits per heavy atom. The molecule has 1 nitrogen and oxygen atoms in total. The fourth-order valence-corrected chi connectivity index (χ4v) is 3.87. The zero-order chi connectivity index (χ0) is 12.4. The molecule has 0 aliphatic heterocycles. The van der Waals surface area contributed by atoms with Gasteiger partial charge in [0.2, 0.25) is 0 Å². The first kappa shape index (κ1) is 14.7. The van der Waals surface area contributed by atoms with Gasteiger partial charge in [-0.2, -0.15) is 0 Å². The van der Waals surface area contributed by atoms with E-state index in [0.717, 1.165) is 5.33 Å². The van der Waals surface area contributed by atoms with Crippen molar-refractivity contribution in [1.82, 2.24) is 0 Å². The summed E-state index contributed by atoms with van der Waals surface area (Å²) < 4.78 is 6.57. The largest absolute Gasteiger partial charge is 0.411 e. The Morgan fingerprint density at radius 2 is 1.75 bits per heavy atom. The SMILES string of the molecule is CC(C)(C)[Si](C)(C)OC1(CCCCBr)CC1. The number of alkyl halides is 1. The number of hydrogen-bond acceptors (Lipinski definition) is 1. The maximum atomic E-state index is 6.57. The van der Waals surface area contributed by atoms with Gasteiger partial charge in [-0.05, 0) is 50.2 Å². The Labute approximate surface area is 111 Å². The molecule has 3 heteroatoms. The van der Waals surface area contributed by atoms with Crippen molar-refractivity contribution >= 4 is 24.2 Å². The van der Waals surface area contributed by atoms with Gasteiger partial charge in [0.15, 0.2) is 8.32 Å². The van der Waals surface area contributed by atoms with Crippen LogP contribution in [0.15, 0.2) is 0 Å². The van der Waals surface area contributed by atoms with Gasteiger partial charge in [-0.3, -0.25) is 0 Å². The maximum absolute atomic E-state index is 6.57. The zero-order valence-corrected chi connectivity index (χ0v) is 14.1. The second kappa shape index (κ2) is 5.11. The molecular weight excluding hydrogens is 280 g/mol. The molecule has 16 heavy (non-hydrogen) atoms. The fraction of sp³-hybridized carbons (Fsp3) is 1.00. The van der Waals surface area contributed by atoms with Crippen molar-refractivity contribution in [3.05, 3.63) is 0 Å². The Kier molecular flexibility index (Phi) is 4.70. The minimum atomic E-state index is -1.55. The first-order chi connectivity index (χ1) is 7.22. The molecule has 0 spiro atoms. The van der Waals surface area contributed by atoms with Crippen LogP contribution >= 0.6 is 15.9 Å². The minimum Gasteiger partial charge on any atom is -0.411 e. The van der Waals surface area contributed by atoms with Gasteiger partial charge in [-0.25, -0.2) is 0 Å². The van der Waals surface area contributed by atoms with E-state index in [4.69, 9.17) is 4.43 Å². The van der Waals surface area contributed by atoms with Crippen LogP contribution in [0, 0.1) is 0 Å². The monoisotopic (exact) mass is 306 g/mol. The van der Waals surface area contributed by atoms with Crippen molar-refractivity contribution in [3.8, 4) is 0 Å². The lowest BCUT2D eigenvalue weighted by atomic mass is 10.1. The van der Waals surface area contributed by atoms with Gasteiger partial charge in [0.25, 0.3) is 0 Å². The molecule has 96 valence electrons. The van der Waals surface area contributed by atoms with Crippen molar-refractivity contribution in [1.29, 1.82) is 0 Å². The number of hydrogen-bond donors (Lipinski definition) is 0. The van der Waals surface area contributed by atoms with E-state index >= 15 is 0 Å². The van der Waals surface area contributed by atoms with Crippen molar-refractivity contribution in [2.45, 2.75) is 76.6 Å². The van der Waals surface area contributed by atoms with Gasteiger partial charge < -0.3 is 4.43 Å². The first-order valence-electron chi connectivity index (χ1n) is 6.49. The standard InChI is InChI=1S/C13H27BrOSi/c1-12(2,3)16(4,5)15-13(9-10-13)8-6-7-11-14/h6-11H2,1-5H3. The predicted octanol–water partition coefficient (Wildman–Crippen LogP) is 5.11. The van der Waals surface area contributed by atoms with Crippen LogP contribution in [0.4, 0.5) is 0 Å². The molecular formula is C13H27BrOSi. The Bertz CT molecular complexity index is 229. The summed E-state index contributed by atoms with van der Waals surface area (Å²) in [5, 5.41) is 1.47. The summed E-state index contributed by atoms with van der Waals surface area (Å²) in [6.07, 6.45) is 6.44. The Hall–Kier alpha value is 0.657. The zero-order valence-electron chi connectivity index (χ0n) is 11.5. The highest BCUT2D eigenvalue weighted by Crippen LogP contribution is 2.50. The van der Waals surface area contributed by atoms with E-state index in [1.807, 2.05) is 0 Å². The molecule has 0 heterocycles. The van der Waals surface area contributed by atoms with Crippen molar-refractivity contribution in [2.24, 2.45) is 0 Å². The smallest absolute Gasteiger partial charge is 0.192 e. The average Bonchev–Trinajstić information content (AvgIpc) is 2.83. The molecule has 1 aliphatic carbocycles. The van der Waals surface area contributed by atoms with Crippen LogP contribution in [-0.2, 0) is 4.43 Å². The number of rotatable bonds is 6. The maximum Gasteiger partial charge on any atom is 0.192 e. The highest BCUT2D eigenvalue weighted by molar-refractivity contribution is 9.09. The van der Waals surface area contributed by atoms with E-state index in [1.165, 1.54) is 32.1 Å². The predicted molar refractivity (Wildman–Crippen MR) is 77.9 cm³/mol. The van der Waals surface area contributed by atoms with Crippen molar-refractivity contribution < 1.29 is 4.43 Å². The summed E-state index contributed by atoms with van der Waals surface area (Å²) in [4.78, 5) is 0. The lowest BCUT2D eigenvalue weighted by Crippen LogP contribution is -2.44. The summed E-state index contributed by atoms with van der Waals surface area (Å²) in [5.41, 5.74) is 0.283. The van der Waals surface area contributed by atoms with Crippen LogP contribution in [0.1, 0.15) is 52.9 Å². The second-order valence-corrected chi connectivity index (χ2v) is 12.2. The quantitative estimate of drug-likeness (QED) is 0.376. The van der Waals surface area contributed by atoms with Gasteiger partial charge in [-0.15, -0.1) is 0 Å². The summed E-state index contributed by atoms with van der Waals surface area (Å²) in [6, 6.07) is 0. The molecule has 0 unspecified atom stereocenters. The summed E-state index contributed by atoms with van der Waals surface area (Å²) in [6.45, 7) is 11.7. The van der Waals surface area contributed by atoms with E-state index in [0.29, 0.717) is 5.04 Å². The molecule has 0 aromatic rings. The lowest BCUT2D eigenvalue weighted by molar-refractivity contribution is 0.145. The van der Waals surface area contributed by atoms with Gasteiger partial charge in [-0.1, -0.05) is 36.7 Å². The molecule has 0 bridgehead atoms. The molecule has 1 fully saturated rings. The van der Waals surface area contributed by atoms with Crippen LogP contribution in [0.25, 0.3) is 0 Å². The molecule has 0 aromatic heterocycles. The van der Waals surface area contributed by atoms with E-state index in [9.17, 15) is 0 Å². The third kappa shape index (κ3) is 3.85. The lowest BCUT2D eigenvalue weighted by Gasteiger charge is -2.39. The van der Waals surface area contributed by atoms with Crippen LogP contribution in [0.5, 0.6) is 0 Å². The van der Waals surface area contributed by atoms with E-state index in [2.05, 4.69) is 49.8 Å². The van der Waals surface area contributed by atoms with Crippen LogP contribution in [0.3, 0.4) is 0 Å². The van der Waals surface area contributed by atoms with E-state index in [1.54, 1.807) is 0 Å². The number of halogens is 1. The molecule has 0 aromatic carbocycles. The Morgan fingerprint density at radius 1 is 1.19 bits per heavy atom. The highest BCUT2D eigenvalue weighted by atomic mass is 79.9. The van der Waals surface area contributed by atoms with Gasteiger partial charge in [0.05, 0.1) is 5.60 Å². The summed E-state index contributed by atoms with van der Waals surface area (Å²) in [7, 11) is -1.55. The summed E-state index contributed by atoms with van der Waals surface area (Å²) in [5.74, 6) is 0. The average molecular weight is 307 g/mol. The van der Waals surface area contributed by atoms with Crippen molar-refractivity contribution in [2.75, 3.05) is 5.33 Å².